The van der Waals surface area contributed by atoms with Crippen molar-refractivity contribution in [1.82, 2.24) is 0 Å². The molecule has 0 bridgehead atoms. The van der Waals surface area contributed by atoms with Crippen LogP contribution in [0.3, 0.4) is 0 Å². The molecule has 0 fully saturated rings. The summed E-state index contributed by atoms with van der Waals surface area (Å²) in [5.74, 6) is 0.286. The van der Waals surface area contributed by atoms with Crippen LogP contribution < -0.4 is 10.6 Å². The van der Waals surface area contributed by atoms with Gasteiger partial charge in [-0.2, -0.15) is 0 Å². The molecule has 3 rings (SSSR count). The maximum atomic E-state index is 13.2. The number of nitrogens with zero attached hydrogens (tertiary/aromatic N) is 1. The molecule has 0 saturated heterocycles. The Hall–Kier alpha value is -3.12. The van der Waals surface area contributed by atoms with Crippen molar-refractivity contribution in [2.75, 3.05) is 25.7 Å². The molecule has 30 heavy (non-hydrogen) atoms. The van der Waals surface area contributed by atoms with Crippen molar-refractivity contribution in [3.05, 3.63) is 71.0 Å². The minimum atomic E-state index is -0.440. The number of benzene rings is 2. The highest BCUT2D eigenvalue weighted by Gasteiger charge is 2.33. The summed E-state index contributed by atoms with van der Waals surface area (Å²) in [5.41, 5.74) is 9.87. The molecule has 158 valence electrons. The van der Waals surface area contributed by atoms with E-state index >= 15 is 0 Å². The van der Waals surface area contributed by atoms with E-state index < -0.39 is 5.54 Å². The molecule has 1 heterocycles. The van der Waals surface area contributed by atoms with Crippen molar-refractivity contribution in [2.45, 2.75) is 32.2 Å². The van der Waals surface area contributed by atoms with Crippen LogP contribution in [0, 0.1) is 0 Å². The number of aryl methyl sites for hydroxylation is 1. The van der Waals surface area contributed by atoms with Gasteiger partial charge in [0.25, 0.3) is 5.91 Å². The van der Waals surface area contributed by atoms with Gasteiger partial charge in [-0.15, -0.1) is 0 Å². The summed E-state index contributed by atoms with van der Waals surface area (Å²) in [5, 5.41) is 0. The van der Waals surface area contributed by atoms with Crippen molar-refractivity contribution in [2.24, 2.45) is 5.73 Å². The van der Waals surface area contributed by atoms with Gasteiger partial charge in [0.15, 0.2) is 0 Å². The maximum Gasteiger partial charge on any atom is 0.305 e. The first-order valence-corrected chi connectivity index (χ1v) is 9.89. The van der Waals surface area contributed by atoms with Gasteiger partial charge in [0, 0.05) is 17.6 Å². The van der Waals surface area contributed by atoms with Crippen molar-refractivity contribution in [3.8, 4) is 0 Å². The van der Waals surface area contributed by atoms with Crippen LogP contribution in [0.15, 0.2) is 54.3 Å². The van der Waals surface area contributed by atoms with Crippen LogP contribution in [0.1, 0.15) is 37.0 Å². The summed E-state index contributed by atoms with van der Waals surface area (Å²) in [6, 6.07) is 15.3. The van der Waals surface area contributed by atoms with Crippen LogP contribution >= 0.6 is 0 Å². The molecule has 6 nitrogen and oxygen atoms in total. The summed E-state index contributed by atoms with van der Waals surface area (Å²) >= 11 is 0. The Morgan fingerprint density at radius 3 is 2.23 bits per heavy atom. The van der Waals surface area contributed by atoms with Crippen LogP contribution in [-0.2, 0) is 31.0 Å². The zero-order chi connectivity index (χ0) is 21.9. The first kappa shape index (κ1) is 21.6. The lowest BCUT2D eigenvalue weighted by Gasteiger charge is -2.21. The summed E-state index contributed by atoms with van der Waals surface area (Å²) < 4.78 is 10.2. The van der Waals surface area contributed by atoms with E-state index in [2.05, 4.69) is 4.74 Å². The summed E-state index contributed by atoms with van der Waals surface area (Å²) in [6.07, 6.45) is 0.914. The minimum Gasteiger partial charge on any atom is -0.498 e. The average molecular weight is 408 g/mol. The molecule has 1 amide bonds. The second-order valence-electron chi connectivity index (χ2n) is 7.94. The van der Waals surface area contributed by atoms with Gasteiger partial charge in [-0.1, -0.05) is 36.4 Å². The first-order valence-electron chi connectivity index (χ1n) is 9.89. The average Bonchev–Trinajstić information content (AvgIpc) is 3.08. The van der Waals surface area contributed by atoms with Crippen LogP contribution in [0.4, 0.5) is 5.69 Å². The Bertz CT molecular complexity index is 954. The van der Waals surface area contributed by atoms with Gasteiger partial charge in [-0.25, -0.2) is 0 Å². The molecule has 0 spiro atoms. The number of carbonyl (C=O) groups is 2. The molecular formula is C24H28N2O4. The van der Waals surface area contributed by atoms with Gasteiger partial charge in [0.2, 0.25) is 0 Å². The number of esters is 1. The number of amides is 1. The quantitative estimate of drug-likeness (QED) is 0.710. The van der Waals surface area contributed by atoms with E-state index in [1.807, 2.05) is 62.4 Å². The smallest absolute Gasteiger partial charge is 0.305 e. The number of rotatable bonds is 7. The number of nitrogens with two attached hydrogens (primary N) is 1. The Labute approximate surface area is 177 Å². The molecule has 0 aromatic heterocycles. The highest BCUT2D eigenvalue weighted by atomic mass is 16.5. The number of methoxy groups -OCH3 is 2. The molecule has 0 atom stereocenters. The van der Waals surface area contributed by atoms with E-state index in [-0.39, 0.29) is 11.9 Å². The highest BCUT2D eigenvalue weighted by molar-refractivity contribution is 6.29. The van der Waals surface area contributed by atoms with Gasteiger partial charge in [-0.05, 0) is 49.1 Å². The lowest BCUT2D eigenvalue weighted by molar-refractivity contribution is -0.140. The number of ether oxygens (including phenoxy) is 2. The van der Waals surface area contributed by atoms with E-state index in [1.165, 1.54) is 7.11 Å². The molecule has 2 N–H and O–H groups in total. The van der Waals surface area contributed by atoms with Gasteiger partial charge in [-0.3, -0.25) is 9.59 Å². The van der Waals surface area contributed by atoms with E-state index in [9.17, 15) is 9.59 Å². The van der Waals surface area contributed by atoms with E-state index in [4.69, 9.17) is 10.5 Å². The zero-order valence-electron chi connectivity index (χ0n) is 17.9. The fourth-order valence-electron chi connectivity index (χ4n) is 3.47. The Kier molecular flexibility index (Phi) is 6.27. The maximum absolute atomic E-state index is 13.2. The summed E-state index contributed by atoms with van der Waals surface area (Å²) in [7, 11) is 2.96. The third-order valence-electron chi connectivity index (χ3n) is 5.30. The fourth-order valence-corrected chi connectivity index (χ4v) is 3.47. The highest BCUT2D eigenvalue weighted by Crippen LogP contribution is 2.33. The van der Waals surface area contributed by atoms with Gasteiger partial charge in [0.1, 0.15) is 5.76 Å². The Morgan fingerprint density at radius 1 is 1.07 bits per heavy atom. The molecule has 6 heteroatoms. The fraction of sp³-hybridized carbons (Fsp3) is 0.333. The van der Waals surface area contributed by atoms with Crippen LogP contribution in [-0.4, -0.2) is 32.6 Å². The molecule has 2 aromatic rings. The van der Waals surface area contributed by atoms with Crippen LogP contribution in [0.5, 0.6) is 0 Å². The normalized spacial score (nSPS) is 14.3. The Morgan fingerprint density at radius 2 is 1.70 bits per heavy atom. The van der Waals surface area contributed by atoms with Crippen molar-refractivity contribution < 1.29 is 19.1 Å². The molecule has 1 aliphatic rings. The van der Waals surface area contributed by atoms with Crippen LogP contribution in [0.2, 0.25) is 0 Å². The third-order valence-corrected chi connectivity index (χ3v) is 5.30. The second-order valence-corrected chi connectivity index (χ2v) is 7.94. The minimum absolute atomic E-state index is 0.103. The second kappa shape index (κ2) is 8.71. The van der Waals surface area contributed by atoms with E-state index in [0.717, 1.165) is 22.4 Å². The standard InChI is InChI=1S/C24H28N2O4/c1-24(2,25)18-10-12-19(13-11-18)26-15-20(29-3)22(23(26)28)17-8-5-16(6-9-17)7-14-21(27)30-4/h5-6,8-13H,7,14-15,25H2,1-4H3. The molecule has 0 radical (unpaired) electrons. The summed E-state index contributed by atoms with van der Waals surface area (Å²) in [4.78, 5) is 26.2. The van der Waals surface area contributed by atoms with E-state index in [0.29, 0.717) is 30.7 Å². The van der Waals surface area contributed by atoms with Crippen molar-refractivity contribution in [1.29, 1.82) is 0 Å². The lowest BCUT2D eigenvalue weighted by atomic mass is 9.95. The number of hydrogen-bond donors (Lipinski definition) is 1. The van der Waals surface area contributed by atoms with Crippen molar-refractivity contribution >= 4 is 23.1 Å². The zero-order valence-corrected chi connectivity index (χ0v) is 17.9. The largest absolute Gasteiger partial charge is 0.498 e. The van der Waals surface area contributed by atoms with Crippen molar-refractivity contribution in [3.63, 3.8) is 0 Å². The Balaban J connectivity index is 1.80. The molecule has 0 saturated carbocycles. The van der Waals surface area contributed by atoms with Crippen LogP contribution in [0.25, 0.3) is 5.57 Å². The monoisotopic (exact) mass is 408 g/mol. The SMILES string of the molecule is COC(=O)CCc1ccc(C2=C(OC)CN(c3ccc(C(C)(C)N)cc3)C2=O)cc1. The topological polar surface area (TPSA) is 81.9 Å². The number of anilines is 1. The summed E-state index contributed by atoms with van der Waals surface area (Å²) in [6.45, 7) is 4.27. The molecule has 0 unspecified atom stereocenters. The van der Waals surface area contributed by atoms with Gasteiger partial charge in [0.05, 0.1) is 26.3 Å². The number of carbonyl (C=O) groups excluding carboxylic acids is 2. The molecule has 2 aromatic carbocycles. The molecule has 0 aliphatic carbocycles. The first-order chi connectivity index (χ1) is 14.2. The van der Waals surface area contributed by atoms with E-state index in [1.54, 1.807) is 12.0 Å². The van der Waals surface area contributed by atoms with Gasteiger partial charge >= 0.3 is 5.97 Å². The predicted octanol–water partition coefficient (Wildman–Crippen LogP) is 3.39. The lowest BCUT2D eigenvalue weighted by Crippen LogP contribution is -2.29. The van der Waals surface area contributed by atoms with Gasteiger partial charge < -0.3 is 20.1 Å². The number of hydrogen-bond acceptors (Lipinski definition) is 5. The molecular weight excluding hydrogens is 380 g/mol. The molecule has 1 aliphatic heterocycles. The third kappa shape index (κ3) is 4.54. The predicted molar refractivity (Wildman–Crippen MR) is 117 cm³/mol.